The molecule has 0 N–H and O–H groups in total. The summed E-state index contributed by atoms with van der Waals surface area (Å²) in [6.07, 6.45) is 3.45. The minimum absolute atomic E-state index is 0.759. The summed E-state index contributed by atoms with van der Waals surface area (Å²) in [5.41, 5.74) is 4.66. The fourth-order valence-corrected chi connectivity index (χ4v) is 1.95. The zero-order chi connectivity index (χ0) is 11.0. The molecule has 1 aliphatic carbocycles. The highest BCUT2D eigenvalue weighted by Crippen LogP contribution is 2.32. The Balaban J connectivity index is 2.13. The van der Waals surface area contributed by atoms with Crippen molar-refractivity contribution in [3.63, 3.8) is 0 Å². The van der Waals surface area contributed by atoms with E-state index in [-0.39, 0.29) is 0 Å². The molecule has 78 valence electrons. The average molecular weight is 229 g/mol. The van der Waals surface area contributed by atoms with E-state index < -0.39 is 0 Å². The van der Waals surface area contributed by atoms with E-state index in [2.05, 4.69) is 12.1 Å². The van der Waals surface area contributed by atoms with E-state index in [0.29, 0.717) is 0 Å². The maximum absolute atomic E-state index is 5.86. The molecule has 0 saturated heterocycles. The first-order valence-electron chi connectivity index (χ1n) is 5.05. The molecule has 0 aromatic heterocycles. The van der Waals surface area contributed by atoms with E-state index in [1.165, 1.54) is 16.7 Å². The molecule has 0 radical (unpaired) electrons. The molecular weight excluding hydrogens is 220 g/mol. The van der Waals surface area contributed by atoms with Crippen LogP contribution in [0.4, 0.5) is 0 Å². The molecule has 1 heterocycles. The SMILES string of the molecule is Clc1ccc(-c2cc3ccocc-3c2)cc1. The van der Waals surface area contributed by atoms with Crippen LogP contribution in [0.25, 0.3) is 22.3 Å². The van der Waals surface area contributed by atoms with E-state index in [1.54, 1.807) is 12.5 Å². The van der Waals surface area contributed by atoms with Crippen LogP contribution in [-0.2, 0) is 0 Å². The third kappa shape index (κ3) is 1.59. The summed E-state index contributed by atoms with van der Waals surface area (Å²) < 4.78 is 5.14. The van der Waals surface area contributed by atoms with Crippen molar-refractivity contribution >= 4 is 11.6 Å². The summed E-state index contributed by atoms with van der Waals surface area (Å²) in [5.74, 6) is 0. The second-order valence-electron chi connectivity index (χ2n) is 3.72. The molecule has 0 atom stereocenters. The van der Waals surface area contributed by atoms with Gasteiger partial charge < -0.3 is 4.42 Å². The number of benzene rings is 1. The zero-order valence-corrected chi connectivity index (χ0v) is 9.24. The van der Waals surface area contributed by atoms with Crippen molar-refractivity contribution in [3.8, 4) is 22.3 Å². The second-order valence-corrected chi connectivity index (χ2v) is 4.15. The fraction of sp³-hybridized carbons (Fsp3) is 0. The molecule has 1 aromatic carbocycles. The number of halogens is 1. The van der Waals surface area contributed by atoms with Gasteiger partial charge in [-0.25, -0.2) is 0 Å². The van der Waals surface area contributed by atoms with Gasteiger partial charge in [0.15, 0.2) is 0 Å². The van der Waals surface area contributed by atoms with Crippen molar-refractivity contribution in [2.75, 3.05) is 0 Å². The van der Waals surface area contributed by atoms with Gasteiger partial charge in [-0.2, -0.15) is 0 Å². The van der Waals surface area contributed by atoms with E-state index in [1.807, 2.05) is 30.3 Å². The lowest BCUT2D eigenvalue weighted by Crippen LogP contribution is -1.71. The summed E-state index contributed by atoms with van der Waals surface area (Å²) >= 11 is 5.86. The van der Waals surface area contributed by atoms with E-state index in [0.717, 1.165) is 10.6 Å². The summed E-state index contributed by atoms with van der Waals surface area (Å²) in [6, 6.07) is 14.1. The number of hydrogen-bond donors (Lipinski definition) is 0. The highest BCUT2D eigenvalue weighted by molar-refractivity contribution is 6.30. The molecule has 3 rings (SSSR count). The first kappa shape index (κ1) is 9.49. The Labute approximate surface area is 98.6 Å². The molecular formula is C14H9ClO. The van der Waals surface area contributed by atoms with E-state index in [9.17, 15) is 0 Å². The van der Waals surface area contributed by atoms with Crippen LogP contribution in [0.15, 0.2) is 59.4 Å². The lowest BCUT2D eigenvalue weighted by atomic mass is 10.1. The van der Waals surface area contributed by atoms with Gasteiger partial charge in [0.25, 0.3) is 0 Å². The first-order chi connectivity index (χ1) is 7.83. The lowest BCUT2D eigenvalue weighted by Gasteiger charge is -1.96. The summed E-state index contributed by atoms with van der Waals surface area (Å²) in [6.45, 7) is 0. The molecule has 1 aromatic rings. The molecule has 0 unspecified atom stereocenters. The second kappa shape index (κ2) is 3.69. The molecule has 0 saturated carbocycles. The van der Waals surface area contributed by atoms with Crippen molar-refractivity contribution < 1.29 is 4.42 Å². The van der Waals surface area contributed by atoms with Crippen LogP contribution < -0.4 is 0 Å². The van der Waals surface area contributed by atoms with Gasteiger partial charge in [-0.15, -0.1) is 0 Å². The smallest absolute Gasteiger partial charge is 0.0980 e. The standard InChI is InChI=1S/C14H9ClO/c15-14-3-1-10(2-4-14)12-7-11-5-6-16-9-13(11)8-12/h1-9H. The Morgan fingerprint density at radius 2 is 1.50 bits per heavy atom. The van der Waals surface area contributed by atoms with E-state index in [4.69, 9.17) is 16.0 Å². The molecule has 1 aliphatic heterocycles. The van der Waals surface area contributed by atoms with Gasteiger partial charge in [-0.1, -0.05) is 23.7 Å². The average Bonchev–Trinajstić information content (AvgIpc) is 2.73. The van der Waals surface area contributed by atoms with Crippen molar-refractivity contribution in [3.05, 3.63) is 60.0 Å². The predicted molar refractivity (Wildman–Crippen MR) is 65.8 cm³/mol. The van der Waals surface area contributed by atoms with Crippen LogP contribution in [0, 0.1) is 0 Å². The van der Waals surface area contributed by atoms with Crippen LogP contribution in [0.2, 0.25) is 5.02 Å². The van der Waals surface area contributed by atoms with Gasteiger partial charge >= 0.3 is 0 Å². The maximum atomic E-state index is 5.86. The van der Waals surface area contributed by atoms with Crippen molar-refractivity contribution in [2.45, 2.75) is 0 Å². The molecule has 0 bridgehead atoms. The van der Waals surface area contributed by atoms with Crippen LogP contribution in [-0.4, -0.2) is 0 Å². The molecule has 16 heavy (non-hydrogen) atoms. The normalized spacial score (nSPS) is 10.8. The summed E-state index contributed by atoms with van der Waals surface area (Å²) in [5, 5.41) is 0.759. The van der Waals surface area contributed by atoms with Gasteiger partial charge in [0.1, 0.15) is 0 Å². The summed E-state index contributed by atoms with van der Waals surface area (Å²) in [4.78, 5) is 0. The molecule has 2 aliphatic rings. The van der Waals surface area contributed by atoms with Crippen LogP contribution >= 0.6 is 11.6 Å². The highest BCUT2D eigenvalue weighted by Gasteiger charge is 2.07. The maximum Gasteiger partial charge on any atom is 0.0980 e. The van der Waals surface area contributed by atoms with Gasteiger partial charge in [0, 0.05) is 10.6 Å². The van der Waals surface area contributed by atoms with Gasteiger partial charge in [-0.3, -0.25) is 0 Å². The van der Waals surface area contributed by atoms with E-state index >= 15 is 0 Å². The van der Waals surface area contributed by atoms with Crippen LogP contribution in [0.5, 0.6) is 0 Å². The van der Waals surface area contributed by atoms with Gasteiger partial charge in [0.2, 0.25) is 0 Å². The van der Waals surface area contributed by atoms with Crippen molar-refractivity contribution in [1.29, 1.82) is 0 Å². The van der Waals surface area contributed by atoms with Gasteiger partial charge in [0.05, 0.1) is 12.5 Å². The Morgan fingerprint density at radius 1 is 0.750 bits per heavy atom. The van der Waals surface area contributed by atoms with Crippen molar-refractivity contribution in [1.82, 2.24) is 0 Å². The lowest BCUT2D eigenvalue weighted by molar-refractivity contribution is 0.552. The van der Waals surface area contributed by atoms with Crippen LogP contribution in [0.3, 0.4) is 0 Å². The van der Waals surface area contributed by atoms with Crippen molar-refractivity contribution in [2.24, 2.45) is 0 Å². The number of rotatable bonds is 1. The third-order valence-electron chi connectivity index (χ3n) is 2.65. The summed E-state index contributed by atoms with van der Waals surface area (Å²) in [7, 11) is 0. The highest BCUT2D eigenvalue weighted by atomic mass is 35.5. The molecule has 0 fully saturated rings. The Bertz CT molecular complexity index is 550. The molecule has 1 nitrogen and oxygen atoms in total. The Kier molecular flexibility index (Phi) is 2.19. The minimum atomic E-state index is 0.759. The topological polar surface area (TPSA) is 13.1 Å². The molecule has 0 spiro atoms. The minimum Gasteiger partial charge on any atom is -0.472 e. The zero-order valence-electron chi connectivity index (χ0n) is 8.48. The third-order valence-corrected chi connectivity index (χ3v) is 2.91. The fourth-order valence-electron chi connectivity index (χ4n) is 1.82. The molecule has 2 heteroatoms. The Morgan fingerprint density at radius 3 is 2.25 bits per heavy atom. The number of fused-ring (bicyclic) bond motifs is 1. The Hall–Kier alpha value is -1.73. The monoisotopic (exact) mass is 228 g/mol. The van der Waals surface area contributed by atoms with Crippen LogP contribution in [0.1, 0.15) is 0 Å². The predicted octanol–water partition coefficient (Wildman–Crippen LogP) is 4.70. The molecule has 0 amide bonds. The quantitative estimate of drug-likeness (QED) is 0.588. The number of hydrogen-bond acceptors (Lipinski definition) is 1. The first-order valence-corrected chi connectivity index (χ1v) is 5.43. The van der Waals surface area contributed by atoms with Gasteiger partial charge in [-0.05, 0) is 47.0 Å². The largest absolute Gasteiger partial charge is 0.472 e.